The molecule has 1 rings (SSSR count). The molecular formula is C12H23N3. The van der Waals surface area contributed by atoms with Crippen LogP contribution in [0.4, 0.5) is 0 Å². The molecule has 1 atom stereocenters. The lowest BCUT2D eigenvalue weighted by Crippen LogP contribution is -2.33. The van der Waals surface area contributed by atoms with Crippen molar-refractivity contribution in [3.63, 3.8) is 0 Å². The second kappa shape index (κ2) is 5.91. The summed E-state index contributed by atoms with van der Waals surface area (Å²) in [7, 11) is 0. The van der Waals surface area contributed by atoms with Crippen molar-refractivity contribution in [2.24, 2.45) is 0 Å². The van der Waals surface area contributed by atoms with Crippen LogP contribution in [-0.2, 0) is 6.54 Å². The molecule has 15 heavy (non-hydrogen) atoms. The molecule has 86 valence electrons. The summed E-state index contributed by atoms with van der Waals surface area (Å²) in [5.74, 6) is 0. The van der Waals surface area contributed by atoms with Crippen molar-refractivity contribution in [1.82, 2.24) is 14.9 Å². The van der Waals surface area contributed by atoms with Gasteiger partial charge in [0.2, 0.25) is 0 Å². The van der Waals surface area contributed by atoms with Gasteiger partial charge in [-0.25, -0.2) is 4.98 Å². The topological polar surface area (TPSA) is 29.9 Å². The van der Waals surface area contributed by atoms with E-state index in [0.29, 0.717) is 6.04 Å². The zero-order chi connectivity index (χ0) is 11.3. The lowest BCUT2D eigenvalue weighted by atomic mass is 10.1. The molecular weight excluding hydrogens is 186 g/mol. The Labute approximate surface area is 92.9 Å². The van der Waals surface area contributed by atoms with Crippen LogP contribution in [0.15, 0.2) is 6.33 Å². The van der Waals surface area contributed by atoms with Crippen LogP contribution in [-0.4, -0.2) is 22.1 Å². The lowest BCUT2D eigenvalue weighted by Gasteiger charge is -2.18. The molecule has 0 aliphatic heterocycles. The fourth-order valence-electron chi connectivity index (χ4n) is 1.86. The highest BCUT2D eigenvalue weighted by atomic mass is 15.1. The third-order valence-electron chi connectivity index (χ3n) is 2.89. The third kappa shape index (κ3) is 3.34. The first-order valence-electron chi connectivity index (χ1n) is 5.90. The average Bonchev–Trinajstić information content (AvgIpc) is 2.51. The van der Waals surface area contributed by atoms with Crippen LogP contribution in [0, 0.1) is 13.8 Å². The van der Waals surface area contributed by atoms with Crippen molar-refractivity contribution in [1.29, 1.82) is 0 Å². The highest BCUT2D eigenvalue weighted by molar-refractivity contribution is 5.08. The molecule has 0 saturated carbocycles. The SMILES string of the molecule is CCCC(Cn1cnc(C)c1C)NCC. The van der Waals surface area contributed by atoms with Crippen LogP contribution in [0.1, 0.15) is 38.1 Å². The quantitative estimate of drug-likeness (QED) is 0.779. The highest BCUT2D eigenvalue weighted by Gasteiger charge is 2.09. The Morgan fingerprint density at radius 1 is 1.40 bits per heavy atom. The van der Waals surface area contributed by atoms with Gasteiger partial charge in [0.25, 0.3) is 0 Å². The molecule has 0 saturated heterocycles. The van der Waals surface area contributed by atoms with Crippen LogP contribution >= 0.6 is 0 Å². The van der Waals surface area contributed by atoms with E-state index < -0.39 is 0 Å². The minimum absolute atomic E-state index is 0.576. The van der Waals surface area contributed by atoms with Gasteiger partial charge in [0.15, 0.2) is 0 Å². The van der Waals surface area contributed by atoms with Crippen LogP contribution in [0.25, 0.3) is 0 Å². The largest absolute Gasteiger partial charge is 0.333 e. The van der Waals surface area contributed by atoms with Crippen molar-refractivity contribution < 1.29 is 0 Å². The Balaban J connectivity index is 2.60. The van der Waals surface area contributed by atoms with Crippen LogP contribution in [0.3, 0.4) is 0 Å². The molecule has 3 nitrogen and oxygen atoms in total. The van der Waals surface area contributed by atoms with Crippen LogP contribution < -0.4 is 5.32 Å². The van der Waals surface area contributed by atoms with Crippen LogP contribution in [0.5, 0.6) is 0 Å². The van der Waals surface area contributed by atoms with Gasteiger partial charge in [0.05, 0.1) is 12.0 Å². The molecule has 0 aromatic carbocycles. The van der Waals surface area contributed by atoms with Crippen molar-refractivity contribution >= 4 is 0 Å². The zero-order valence-corrected chi connectivity index (χ0v) is 10.4. The Morgan fingerprint density at radius 3 is 2.60 bits per heavy atom. The Kier molecular flexibility index (Phi) is 4.82. The lowest BCUT2D eigenvalue weighted by molar-refractivity contribution is 0.425. The summed E-state index contributed by atoms with van der Waals surface area (Å²) in [6.45, 7) is 10.7. The average molecular weight is 209 g/mol. The number of aryl methyl sites for hydroxylation is 1. The van der Waals surface area contributed by atoms with Crippen LogP contribution in [0.2, 0.25) is 0 Å². The normalized spacial score (nSPS) is 13.1. The summed E-state index contributed by atoms with van der Waals surface area (Å²) >= 11 is 0. The number of aromatic nitrogens is 2. The molecule has 0 radical (unpaired) electrons. The predicted molar refractivity (Wildman–Crippen MR) is 64.1 cm³/mol. The number of imidazole rings is 1. The number of hydrogen-bond donors (Lipinski definition) is 1. The first kappa shape index (κ1) is 12.2. The standard InChI is InChI=1S/C12H23N3/c1-5-7-12(13-6-2)8-15-9-14-10(3)11(15)4/h9,12-13H,5-8H2,1-4H3. The van der Waals surface area contributed by atoms with Crippen molar-refractivity contribution in [3.05, 3.63) is 17.7 Å². The zero-order valence-electron chi connectivity index (χ0n) is 10.4. The summed E-state index contributed by atoms with van der Waals surface area (Å²) in [5.41, 5.74) is 2.43. The third-order valence-corrected chi connectivity index (χ3v) is 2.89. The van der Waals surface area contributed by atoms with Gasteiger partial charge in [0, 0.05) is 18.3 Å². The Morgan fingerprint density at radius 2 is 2.13 bits per heavy atom. The maximum atomic E-state index is 4.32. The molecule has 1 unspecified atom stereocenters. The first-order chi connectivity index (χ1) is 7.19. The van der Waals surface area contributed by atoms with Crippen molar-refractivity contribution in [3.8, 4) is 0 Å². The van der Waals surface area contributed by atoms with E-state index in [0.717, 1.165) is 18.8 Å². The monoisotopic (exact) mass is 209 g/mol. The Hall–Kier alpha value is -0.830. The molecule has 1 aromatic rings. The Bertz CT molecular complexity index is 285. The highest BCUT2D eigenvalue weighted by Crippen LogP contribution is 2.07. The van der Waals surface area contributed by atoms with Crippen molar-refractivity contribution in [2.45, 2.75) is 53.1 Å². The van der Waals surface area contributed by atoms with Gasteiger partial charge < -0.3 is 9.88 Å². The minimum atomic E-state index is 0.576. The number of likely N-dealkylation sites (N-methyl/N-ethyl adjacent to an activating group) is 1. The van der Waals surface area contributed by atoms with Gasteiger partial charge in [0.1, 0.15) is 0 Å². The van der Waals surface area contributed by atoms with Gasteiger partial charge in [-0.3, -0.25) is 0 Å². The second-order valence-corrected chi connectivity index (χ2v) is 4.11. The van der Waals surface area contributed by atoms with E-state index in [1.807, 2.05) is 6.33 Å². The summed E-state index contributed by atoms with van der Waals surface area (Å²) in [6.07, 6.45) is 4.40. The fraction of sp³-hybridized carbons (Fsp3) is 0.750. The number of nitrogens with zero attached hydrogens (tertiary/aromatic N) is 2. The van der Waals surface area contributed by atoms with E-state index in [1.165, 1.54) is 18.5 Å². The maximum Gasteiger partial charge on any atom is 0.0951 e. The van der Waals surface area contributed by atoms with Gasteiger partial charge in [-0.2, -0.15) is 0 Å². The van der Waals surface area contributed by atoms with Gasteiger partial charge in [-0.05, 0) is 26.8 Å². The molecule has 0 fully saturated rings. The van der Waals surface area contributed by atoms with E-state index in [-0.39, 0.29) is 0 Å². The molecule has 0 spiro atoms. The van der Waals surface area contributed by atoms with E-state index >= 15 is 0 Å². The van der Waals surface area contributed by atoms with Gasteiger partial charge >= 0.3 is 0 Å². The van der Waals surface area contributed by atoms with E-state index in [4.69, 9.17) is 0 Å². The molecule has 3 heteroatoms. The smallest absolute Gasteiger partial charge is 0.0951 e. The minimum Gasteiger partial charge on any atom is -0.333 e. The molecule has 0 bridgehead atoms. The number of nitrogens with one attached hydrogen (secondary N) is 1. The molecule has 1 heterocycles. The first-order valence-corrected chi connectivity index (χ1v) is 5.90. The maximum absolute atomic E-state index is 4.32. The summed E-state index contributed by atoms with van der Waals surface area (Å²) in [4.78, 5) is 4.32. The second-order valence-electron chi connectivity index (χ2n) is 4.11. The summed E-state index contributed by atoms with van der Waals surface area (Å²) in [5, 5.41) is 3.52. The molecule has 0 aliphatic carbocycles. The summed E-state index contributed by atoms with van der Waals surface area (Å²) in [6, 6.07) is 0.576. The molecule has 0 aliphatic rings. The van der Waals surface area contributed by atoms with E-state index in [2.05, 4.69) is 42.6 Å². The van der Waals surface area contributed by atoms with E-state index in [1.54, 1.807) is 0 Å². The molecule has 1 N–H and O–H groups in total. The van der Waals surface area contributed by atoms with Gasteiger partial charge in [-0.1, -0.05) is 20.3 Å². The number of hydrogen-bond acceptors (Lipinski definition) is 2. The molecule has 0 amide bonds. The van der Waals surface area contributed by atoms with Gasteiger partial charge in [-0.15, -0.1) is 0 Å². The molecule has 1 aromatic heterocycles. The van der Waals surface area contributed by atoms with Crippen molar-refractivity contribution in [2.75, 3.05) is 6.54 Å². The van der Waals surface area contributed by atoms with E-state index in [9.17, 15) is 0 Å². The summed E-state index contributed by atoms with van der Waals surface area (Å²) < 4.78 is 2.25. The fourth-order valence-corrected chi connectivity index (χ4v) is 1.86. The number of rotatable bonds is 6. The predicted octanol–water partition coefficient (Wildman–Crippen LogP) is 2.28.